The predicted octanol–water partition coefficient (Wildman–Crippen LogP) is 2.08. The van der Waals surface area contributed by atoms with Gasteiger partial charge in [0.2, 0.25) is 5.91 Å². The lowest BCUT2D eigenvalue weighted by Crippen LogP contribution is -2.17. The van der Waals surface area contributed by atoms with Crippen molar-refractivity contribution in [2.45, 2.75) is 6.92 Å². The Balaban J connectivity index is 2.08. The Labute approximate surface area is 120 Å². The average Bonchev–Trinajstić information content (AvgIpc) is 2.90. The van der Waals surface area contributed by atoms with Gasteiger partial charge in [0.1, 0.15) is 5.52 Å². The van der Waals surface area contributed by atoms with Crippen molar-refractivity contribution in [2.75, 3.05) is 5.32 Å². The first-order chi connectivity index (χ1) is 10.2. The minimum Gasteiger partial charge on any atom is -0.326 e. The smallest absolute Gasteiger partial charge is 0.282 e. The number of nitrogens with one attached hydrogen (secondary N) is 1. The number of nitrogens with zero attached hydrogens (tertiary/aromatic N) is 3. The van der Waals surface area contributed by atoms with Crippen LogP contribution in [0.5, 0.6) is 0 Å². The van der Waals surface area contributed by atoms with Crippen molar-refractivity contribution < 1.29 is 9.59 Å². The first-order valence-electron chi connectivity index (χ1n) is 6.38. The number of benzene rings is 2. The zero-order valence-corrected chi connectivity index (χ0v) is 11.3. The van der Waals surface area contributed by atoms with E-state index in [2.05, 4.69) is 15.6 Å². The molecule has 2 aromatic carbocycles. The van der Waals surface area contributed by atoms with Crippen LogP contribution in [0.15, 0.2) is 48.5 Å². The zero-order chi connectivity index (χ0) is 14.8. The Morgan fingerprint density at radius 1 is 1.05 bits per heavy atom. The molecule has 0 bridgehead atoms. The van der Waals surface area contributed by atoms with E-state index in [1.807, 2.05) is 12.1 Å². The molecule has 6 nitrogen and oxygen atoms in total. The summed E-state index contributed by atoms with van der Waals surface area (Å²) in [6, 6.07) is 14.0. The number of para-hydroxylation sites is 2. The van der Waals surface area contributed by atoms with E-state index < -0.39 is 0 Å². The van der Waals surface area contributed by atoms with Crippen molar-refractivity contribution in [3.8, 4) is 0 Å². The van der Waals surface area contributed by atoms with Crippen molar-refractivity contribution >= 4 is 28.5 Å². The zero-order valence-electron chi connectivity index (χ0n) is 11.3. The largest absolute Gasteiger partial charge is 0.326 e. The van der Waals surface area contributed by atoms with Gasteiger partial charge < -0.3 is 5.32 Å². The molecule has 1 aromatic heterocycles. The van der Waals surface area contributed by atoms with Crippen molar-refractivity contribution in [1.29, 1.82) is 0 Å². The lowest BCUT2D eigenvalue weighted by molar-refractivity contribution is -0.114. The Kier molecular flexibility index (Phi) is 3.19. The summed E-state index contributed by atoms with van der Waals surface area (Å²) in [6.45, 7) is 1.39. The van der Waals surface area contributed by atoms with Crippen molar-refractivity contribution in [3.63, 3.8) is 0 Å². The van der Waals surface area contributed by atoms with Gasteiger partial charge >= 0.3 is 0 Å². The fraction of sp³-hybridized carbons (Fsp3) is 0.0667. The topological polar surface area (TPSA) is 76.9 Å². The number of anilines is 1. The second kappa shape index (κ2) is 5.16. The highest BCUT2D eigenvalue weighted by Gasteiger charge is 2.17. The van der Waals surface area contributed by atoms with Crippen LogP contribution < -0.4 is 5.32 Å². The van der Waals surface area contributed by atoms with E-state index in [0.29, 0.717) is 22.3 Å². The molecule has 0 spiro atoms. The normalized spacial score (nSPS) is 10.5. The number of hydrogen-bond acceptors (Lipinski definition) is 4. The highest BCUT2D eigenvalue weighted by molar-refractivity contribution is 6.06. The standard InChI is InChI=1S/C15H12N4O2/c1-10(20)16-12-7-3-2-6-11(12)15(21)19-14-9-5-4-8-13(14)17-18-19/h2-9H,1H3,(H,16,20). The molecule has 0 radical (unpaired) electrons. The molecular formula is C15H12N4O2. The van der Waals surface area contributed by atoms with Gasteiger partial charge in [-0.05, 0) is 24.3 Å². The van der Waals surface area contributed by atoms with Crippen LogP contribution in [0.25, 0.3) is 11.0 Å². The minimum atomic E-state index is -0.340. The molecular weight excluding hydrogens is 268 g/mol. The number of fused-ring (bicyclic) bond motifs is 1. The third-order valence-corrected chi connectivity index (χ3v) is 3.01. The van der Waals surface area contributed by atoms with E-state index in [-0.39, 0.29) is 11.8 Å². The molecule has 0 aliphatic heterocycles. The summed E-state index contributed by atoms with van der Waals surface area (Å²) in [5.74, 6) is -0.577. The molecule has 21 heavy (non-hydrogen) atoms. The number of rotatable bonds is 2. The van der Waals surface area contributed by atoms with E-state index in [9.17, 15) is 9.59 Å². The summed E-state index contributed by atoms with van der Waals surface area (Å²) in [6.07, 6.45) is 0. The molecule has 104 valence electrons. The van der Waals surface area contributed by atoms with E-state index in [1.165, 1.54) is 11.6 Å². The average molecular weight is 280 g/mol. The number of aromatic nitrogens is 3. The number of carbonyl (C=O) groups excluding carboxylic acids is 2. The van der Waals surface area contributed by atoms with Crippen LogP contribution in [0, 0.1) is 0 Å². The van der Waals surface area contributed by atoms with Crippen LogP contribution in [0.3, 0.4) is 0 Å². The Bertz CT molecular complexity index is 838. The molecule has 0 fully saturated rings. The molecule has 1 heterocycles. The highest BCUT2D eigenvalue weighted by atomic mass is 16.2. The molecule has 6 heteroatoms. The Morgan fingerprint density at radius 3 is 2.57 bits per heavy atom. The maximum absolute atomic E-state index is 12.6. The number of amides is 1. The van der Waals surface area contributed by atoms with Gasteiger partial charge in [-0.25, -0.2) is 0 Å². The van der Waals surface area contributed by atoms with Gasteiger partial charge in [0.05, 0.1) is 16.8 Å². The second-order valence-electron chi connectivity index (χ2n) is 4.52. The van der Waals surface area contributed by atoms with Gasteiger partial charge in [0.15, 0.2) is 0 Å². The Hall–Kier alpha value is -3.02. The molecule has 0 aliphatic carbocycles. The summed E-state index contributed by atoms with van der Waals surface area (Å²) < 4.78 is 1.23. The lowest BCUT2D eigenvalue weighted by Gasteiger charge is -2.08. The summed E-state index contributed by atoms with van der Waals surface area (Å²) in [4.78, 5) is 23.9. The van der Waals surface area contributed by atoms with Crippen LogP contribution in [-0.4, -0.2) is 26.8 Å². The fourth-order valence-corrected chi connectivity index (χ4v) is 2.10. The quantitative estimate of drug-likeness (QED) is 0.779. The fourth-order valence-electron chi connectivity index (χ4n) is 2.10. The van der Waals surface area contributed by atoms with Gasteiger partial charge in [-0.1, -0.05) is 29.5 Å². The van der Waals surface area contributed by atoms with Crippen molar-refractivity contribution in [2.24, 2.45) is 0 Å². The molecule has 0 unspecified atom stereocenters. The molecule has 0 saturated heterocycles. The Morgan fingerprint density at radius 2 is 1.76 bits per heavy atom. The first kappa shape index (κ1) is 13.0. The van der Waals surface area contributed by atoms with Gasteiger partial charge in [-0.2, -0.15) is 4.68 Å². The van der Waals surface area contributed by atoms with Gasteiger partial charge in [-0.3, -0.25) is 9.59 Å². The molecule has 3 rings (SSSR count). The lowest BCUT2D eigenvalue weighted by atomic mass is 10.1. The molecule has 0 saturated carbocycles. The van der Waals surface area contributed by atoms with Crippen LogP contribution in [-0.2, 0) is 4.79 Å². The third kappa shape index (κ3) is 2.38. The van der Waals surface area contributed by atoms with Gasteiger partial charge in [-0.15, -0.1) is 5.10 Å². The molecule has 0 aliphatic rings. The van der Waals surface area contributed by atoms with Crippen molar-refractivity contribution in [3.05, 3.63) is 54.1 Å². The molecule has 1 amide bonds. The summed E-state index contributed by atoms with van der Waals surface area (Å²) >= 11 is 0. The minimum absolute atomic E-state index is 0.237. The summed E-state index contributed by atoms with van der Waals surface area (Å²) in [7, 11) is 0. The van der Waals surface area contributed by atoms with Crippen LogP contribution >= 0.6 is 0 Å². The predicted molar refractivity (Wildman–Crippen MR) is 78.0 cm³/mol. The highest BCUT2D eigenvalue weighted by Crippen LogP contribution is 2.18. The van der Waals surface area contributed by atoms with E-state index in [0.717, 1.165) is 0 Å². The van der Waals surface area contributed by atoms with Crippen LogP contribution in [0.4, 0.5) is 5.69 Å². The molecule has 0 atom stereocenters. The molecule has 1 N–H and O–H groups in total. The number of carbonyl (C=O) groups is 2. The SMILES string of the molecule is CC(=O)Nc1ccccc1C(=O)n1nnc2ccccc21. The first-order valence-corrected chi connectivity index (χ1v) is 6.38. The molecule has 3 aromatic rings. The van der Waals surface area contributed by atoms with Crippen LogP contribution in [0.2, 0.25) is 0 Å². The summed E-state index contributed by atoms with van der Waals surface area (Å²) in [5.41, 5.74) is 2.08. The van der Waals surface area contributed by atoms with E-state index in [1.54, 1.807) is 36.4 Å². The third-order valence-electron chi connectivity index (χ3n) is 3.01. The van der Waals surface area contributed by atoms with Gasteiger partial charge in [0, 0.05) is 6.92 Å². The van der Waals surface area contributed by atoms with Crippen molar-refractivity contribution in [1.82, 2.24) is 15.0 Å². The maximum Gasteiger partial charge on any atom is 0.282 e. The van der Waals surface area contributed by atoms with E-state index in [4.69, 9.17) is 0 Å². The summed E-state index contributed by atoms with van der Waals surface area (Å²) in [5, 5.41) is 10.5. The van der Waals surface area contributed by atoms with Gasteiger partial charge in [0.25, 0.3) is 5.91 Å². The maximum atomic E-state index is 12.6. The number of hydrogen-bond donors (Lipinski definition) is 1. The monoisotopic (exact) mass is 280 g/mol. The van der Waals surface area contributed by atoms with Crippen LogP contribution in [0.1, 0.15) is 17.3 Å². The second-order valence-corrected chi connectivity index (χ2v) is 4.52. The van der Waals surface area contributed by atoms with E-state index >= 15 is 0 Å².